The Bertz CT molecular complexity index is 3250. The maximum absolute atomic E-state index is 5.43. The van der Waals surface area contributed by atoms with E-state index in [0.29, 0.717) is 0 Å². The van der Waals surface area contributed by atoms with E-state index in [-0.39, 0.29) is 0 Å². The van der Waals surface area contributed by atoms with E-state index in [9.17, 15) is 0 Å². The molecule has 0 radical (unpaired) electrons. The third-order valence-corrected chi connectivity index (χ3v) is 13.2. The van der Waals surface area contributed by atoms with Gasteiger partial charge in [-0.15, -0.1) is 0 Å². The second-order valence-electron chi connectivity index (χ2n) is 16.2. The molecule has 0 unspecified atom stereocenters. The maximum Gasteiger partial charge on any atom is 0.0975 e. The third-order valence-electron chi connectivity index (χ3n) is 13.2. The van der Waals surface area contributed by atoms with E-state index in [2.05, 4.69) is 204 Å². The van der Waals surface area contributed by atoms with Crippen LogP contribution in [0.2, 0.25) is 0 Å². The van der Waals surface area contributed by atoms with E-state index in [0.717, 1.165) is 27.7 Å². The summed E-state index contributed by atoms with van der Waals surface area (Å²) in [5, 5.41) is 4.74. The van der Waals surface area contributed by atoms with Gasteiger partial charge < -0.3 is 0 Å². The van der Waals surface area contributed by atoms with E-state index in [4.69, 9.17) is 9.97 Å². The van der Waals surface area contributed by atoms with Crippen LogP contribution in [-0.4, -0.2) is 9.97 Å². The summed E-state index contributed by atoms with van der Waals surface area (Å²) < 4.78 is 0. The molecule has 0 saturated heterocycles. The van der Waals surface area contributed by atoms with Crippen molar-refractivity contribution in [3.8, 4) is 44.6 Å². The number of benzene rings is 8. The molecule has 2 nitrogen and oxygen atoms in total. The van der Waals surface area contributed by atoms with Crippen LogP contribution in [0.5, 0.6) is 0 Å². The van der Waals surface area contributed by atoms with E-state index < -0.39 is 5.41 Å². The number of aryl methyl sites for hydroxylation is 3. The normalized spacial score (nSPS) is 12.9. The zero-order chi connectivity index (χ0) is 39.8. The van der Waals surface area contributed by atoms with Gasteiger partial charge in [0.2, 0.25) is 0 Å². The van der Waals surface area contributed by atoms with Crippen molar-refractivity contribution in [3.63, 3.8) is 0 Å². The lowest BCUT2D eigenvalue weighted by Gasteiger charge is -2.34. The Labute approximate surface area is 345 Å². The quantitative estimate of drug-likeness (QED) is 0.164. The molecule has 2 heteroatoms. The van der Waals surface area contributed by atoms with Gasteiger partial charge >= 0.3 is 0 Å². The third kappa shape index (κ3) is 5.19. The molecule has 0 saturated carbocycles. The van der Waals surface area contributed by atoms with Crippen LogP contribution in [0.3, 0.4) is 0 Å². The molecule has 59 heavy (non-hydrogen) atoms. The summed E-state index contributed by atoms with van der Waals surface area (Å²) in [6.07, 6.45) is 1.98. The number of pyridine rings is 2. The van der Waals surface area contributed by atoms with Crippen molar-refractivity contribution in [2.45, 2.75) is 33.1 Å². The molecule has 0 bridgehead atoms. The standard InChI is InChI=1S/C57H42N2/c1-35-34-58-55-44(36(35)2)31-32-45-37(3)38(4)54(59-56(45)55)51-23-14-21-47-46(20-13-22-48(47)51)40-27-25-39(26-28-40)41-29-30-50-49-19-11-12-24-52(49)57(53(50)33-41,42-15-7-5-8-16-42)43-17-9-6-10-18-43/h5-34H,1-4H3. The molecule has 10 aromatic rings. The van der Waals surface area contributed by atoms with Crippen molar-refractivity contribution in [2.24, 2.45) is 0 Å². The maximum atomic E-state index is 5.43. The van der Waals surface area contributed by atoms with Gasteiger partial charge in [0.15, 0.2) is 0 Å². The van der Waals surface area contributed by atoms with E-state index in [1.807, 2.05) is 6.20 Å². The first-order chi connectivity index (χ1) is 28.9. The first-order valence-electron chi connectivity index (χ1n) is 20.6. The van der Waals surface area contributed by atoms with Crippen LogP contribution in [0.25, 0.3) is 77.2 Å². The van der Waals surface area contributed by atoms with Crippen LogP contribution in [0.1, 0.15) is 44.5 Å². The van der Waals surface area contributed by atoms with Crippen molar-refractivity contribution in [1.82, 2.24) is 9.97 Å². The van der Waals surface area contributed by atoms with Gasteiger partial charge in [0.05, 0.1) is 22.1 Å². The minimum atomic E-state index is -0.427. The number of fused-ring (bicyclic) bond motifs is 7. The molecule has 0 amide bonds. The summed E-state index contributed by atoms with van der Waals surface area (Å²) in [5.41, 5.74) is 21.2. The molecular formula is C57H42N2. The Kier molecular flexibility index (Phi) is 8.00. The van der Waals surface area contributed by atoms with Gasteiger partial charge in [-0.2, -0.15) is 0 Å². The minimum Gasteiger partial charge on any atom is -0.254 e. The zero-order valence-electron chi connectivity index (χ0n) is 33.7. The lowest BCUT2D eigenvalue weighted by molar-refractivity contribution is 0.769. The Hall–Kier alpha value is -7.16. The second-order valence-corrected chi connectivity index (χ2v) is 16.2. The Morgan fingerprint density at radius 3 is 1.64 bits per heavy atom. The molecule has 0 atom stereocenters. The number of rotatable bonds is 5. The fourth-order valence-electron chi connectivity index (χ4n) is 9.97. The van der Waals surface area contributed by atoms with E-state index >= 15 is 0 Å². The molecule has 1 aliphatic rings. The summed E-state index contributed by atoms with van der Waals surface area (Å²) in [7, 11) is 0. The molecule has 1 aliphatic carbocycles. The molecule has 11 rings (SSSR count). The summed E-state index contributed by atoms with van der Waals surface area (Å²) in [6.45, 7) is 8.73. The molecule has 0 N–H and O–H groups in total. The lowest BCUT2D eigenvalue weighted by atomic mass is 9.67. The van der Waals surface area contributed by atoms with Crippen LogP contribution < -0.4 is 0 Å². The molecule has 280 valence electrons. The highest BCUT2D eigenvalue weighted by molar-refractivity contribution is 6.09. The summed E-state index contributed by atoms with van der Waals surface area (Å²) in [6, 6.07) is 65.0. The first kappa shape index (κ1) is 35.0. The highest BCUT2D eigenvalue weighted by atomic mass is 14.8. The molecule has 8 aromatic carbocycles. The van der Waals surface area contributed by atoms with Gasteiger partial charge in [-0.1, -0.05) is 170 Å². The van der Waals surface area contributed by atoms with Crippen LogP contribution in [0.4, 0.5) is 0 Å². The van der Waals surface area contributed by atoms with Crippen LogP contribution in [-0.2, 0) is 5.41 Å². The number of hydrogen-bond donors (Lipinski definition) is 0. The van der Waals surface area contributed by atoms with Crippen LogP contribution >= 0.6 is 0 Å². The smallest absolute Gasteiger partial charge is 0.0975 e. The number of aromatic nitrogens is 2. The Morgan fingerprint density at radius 2 is 0.932 bits per heavy atom. The van der Waals surface area contributed by atoms with Gasteiger partial charge in [-0.3, -0.25) is 4.98 Å². The van der Waals surface area contributed by atoms with Gasteiger partial charge in [0.1, 0.15) is 0 Å². The van der Waals surface area contributed by atoms with Crippen LogP contribution in [0, 0.1) is 27.7 Å². The largest absolute Gasteiger partial charge is 0.254 e. The predicted molar refractivity (Wildman–Crippen MR) is 247 cm³/mol. The number of hydrogen-bond acceptors (Lipinski definition) is 2. The molecule has 0 fully saturated rings. The Balaban J connectivity index is 1.02. The van der Waals surface area contributed by atoms with Gasteiger partial charge in [0.25, 0.3) is 0 Å². The van der Waals surface area contributed by atoms with E-state index in [1.165, 1.54) is 94.0 Å². The molecule has 2 heterocycles. The van der Waals surface area contributed by atoms with Gasteiger partial charge in [0, 0.05) is 22.5 Å². The van der Waals surface area contributed by atoms with Gasteiger partial charge in [-0.05, 0) is 122 Å². The second kappa shape index (κ2) is 13.5. The summed E-state index contributed by atoms with van der Waals surface area (Å²) in [4.78, 5) is 10.3. The topological polar surface area (TPSA) is 25.8 Å². The first-order valence-corrected chi connectivity index (χ1v) is 20.6. The fourth-order valence-corrected chi connectivity index (χ4v) is 9.97. The van der Waals surface area contributed by atoms with Gasteiger partial charge in [-0.25, -0.2) is 4.98 Å². The molecule has 0 aliphatic heterocycles. The van der Waals surface area contributed by atoms with Crippen molar-refractivity contribution in [3.05, 3.63) is 227 Å². The fraction of sp³-hybridized carbons (Fsp3) is 0.0877. The summed E-state index contributed by atoms with van der Waals surface area (Å²) in [5.74, 6) is 0. The SMILES string of the molecule is Cc1cnc2c(ccc3c(C)c(C)c(-c4cccc5c(-c6ccc(-c7ccc8c(c7)C(c7ccccc7)(c7ccccc7)c7ccccc7-8)cc6)cccc45)nc32)c1C. The average Bonchev–Trinajstić information content (AvgIpc) is 3.59. The van der Waals surface area contributed by atoms with Crippen molar-refractivity contribution in [2.75, 3.05) is 0 Å². The molecular weight excluding hydrogens is 713 g/mol. The van der Waals surface area contributed by atoms with Crippen molar-refractivity contribution in [1.29, 1.82) is 0 Å². The average molecular weight is 755 g/mol. The highest BCUT2D eigenvalue weighted by Crippen LogP contribution is 2.56. The molecule has 0 spiro atoms. The zero-order valence-corrected chi connectivity index (χ0v) is 33.7. The Morgan fingerprint density at radius 1 is 0.373 bits per heavy atom. The predicted octanol–water partition coefficient (Wildman–Crippen LogP) is 14.5. The van der Waals surface area contributed by atoms with Crippen LogP contribution in [0.15, 0.2) is 182 Å². The van der Waals surface area contributed by atoms with E-state index in [1.54, 1.807) is 0 Å². The minimum absolute atomic E-state index is 0.427. The monoisotopic (exact) mass is 754 g/mol. The highest BCUT2D eigenvalue weighted by Gasteiger charge is 2.46. The lowest BCUT2D eigenvalue weighted by Crippen LogP contribution is -2.28. The summed E-state index contributed by atoms with van der Waals surface area (Å²) >= 11 is 0. The van der Waals surface area contributed by atoms with Crippen molar-refractivity contribution >= 4 is 32.6 Å². The number of nitrogens with zero attached hydrogens (tertiary/aromatic N) is 2. The molecule has 2 aromatic heterocycles. The van der Waals surface area contributed by atoms with Crippen molar-refractivity contribution < 1.29 is 0 Å².